The molecule has 1 saturated carbocycles. The van der Waals surface area contributed by atoms with Gasteiger partial charge in [0.25, 0.3) is 0 Å². The van der Waals surface area contributed by atoms with Gasteiger partial charge in [-0.15, -0.1) is 0 Å². The van der Waals surface area contributed by atoms with E-state index in [1.807, 2.05) is 6.92 Å². The number of nitrogens with two attached hydrogens (primary N) is 1. The number of carbonyl (C=O) groups excluding carboxylic acids is 1. The van der Waals surface area contributed by atoms with Crippen molar-refractivity contribution >= 4 is 17.7 Å². The first-order chi connectivity index (χ1) is 10.1. The Morgan fingerprint density at radius 1 is 1.52 bits per heavy atom. The number of primary amides is 1. The van der Waals surface area contributed by atoms with Crippen LogP contribution in [0.5, 0.6) is 0 Å². The normalized spacial score (nSPS) is 15.1. The lowest BCUT2D eigenvalue weighted by molar-refractivity contribution is -0.116. The van der Waals surface area contributed by atoms with Crippen molar-refractivity contribution in [3.8, 4) is 0 Å². The minimum atomic E-state index is -0.523. The van der Waals surface area contributed by atoms with Gasteiger partial charge in [0.15, 0.2) is 11.6 Å². The molecule has 3 N–H and O–H groups in total. The maximum absolute atomic E-state index is 14.1. The second-order valence-corrected chi connectivity index (χ2v) is 5.32. The standard InChI is InChI=1S/C14H22FN5O/c1-2-7-17-14-18-8-11(15)13(19-14)20(9-12(16)21)10-5-3-4-6-10/h8,10H,2-7,9H2,1H3,(H2,16,21)(H,17,18,19). The van der Waals surface area contributed by atoms with E-state index in [0.717, 1.165) is 38.3 Å². The number of nitrogens with zero attached hydrogens (tertiary/aromatic N) is 3. The van der Waals surface area contributed by atoms with Crippen molar-refractivity contribution in [2.24, 2.45) is 5.73 Å². The van der Waals surface area contributed by atoms with Crippen LogP contribution in [0.25, 0.3) is 0 Å². The smallest absolute Gasteiger partial charge is 0.237 e. The molecule has 7 heteroatoms. The molecule has 0 radical (unpaired) electrons. The van der Waals surface area contributed by atoms with E-state index in [0.29, 0.717) is 12.5 Å². The Labute approximate surface area is 123 Å². The average Bonchev–Trinajstić information content (AvgIpc) is 2.98. The molecule has 0 bridgehead atoms. The fraction of sp³-hybridized carbons (Fsp3) is 0.643. The van der Waals surface area contributed by atoms with Gasteiger partial charge in [-0.05, 0) is 19.3 Å². The zero-order valence-electron chi connectivity index (χ0n) is 12.3. The van der Waals surface area contributed by atoms with Crippen LogP contribution in [0.15, 0.2) is 6.20 Å². The monoisotopic (exact) mass is 295 g/mol. The highest BCUT2D eigenvalue weighted by atomic mass is 19.1. The molecule has 0 aromatic carbocycles. The summed E-state index contributed by atoms with van der Waals surface area (Å²) in [5.41, 5.74) is 5.30. The van der Waals surface area contributed by atoms with Gasteiger partial charge in [-0.2, -0.15) is 4.98 Å². The molecular weight excluding hydrogens is 273 g/mol. The number of anilines is 2. The second kappa shape index (κ2) is 7.19. The summed E-state index contributed by atoms with van der Waals surface area (Å²) in [6.07, 6.45) is 6.07. The number of rotatable bonds is 7. The summed E-state index contributed by atoms with van der Waals surface area (Å²) in [7, 11) is 0. The third-order valence-electron chi connectivity index (χ3n) is 3.62. The molecule has 0 spiro atoms. The summed E-state index contributed by atoms with van der Waals surface area (Å²) in [4.78, 5) is 21.1. The first-order valence-electron chi connectivity index (χ1n) is 7.43. The van der Waals surface area contributed by atoms with E-state index in [4.69, 9.17) is 5.73 Å². The van der Waals surface area contributed by atoms with E-state index >= 15 is 0 Å². The predicted octanol–water partition coefficient (Wildman–Crippen LogP) is 1.67. The Bertz CT molecular complexity index is 490. The molecule has 1 aromatic heterocycles. The summed E-state index contributed by atoms with van der Waals surface area (Å²) in [6, 6.07) is 0.112. The minimum Gasteiger partial charge on any atom is -0.368 e. The van der Waals surface area contributed by atoms with Gasteiger partial charge in [-0.1, -0.05) is 19.8 Å². The van der Waals surface area contributed by atoms with Crippen LogP contribution in [-0.2, 0) is 4.79 Å². The number of hydrogen-bond donors (Lipinski definition) is 2. The lowest BCUT2D eigenvalue weighted by Crippen LogP contribution is -2.41. The summed E-state index contributed by atoms with van der Waals surface area (Å²) >= 11 is 0. The summed E-state index contributed by atoms with van der Waals surface area (Å²) < 4.78 is 14.1. The Morgan fingerprint density at radius 3 is 2.86 bits per heavy atom. The maximum atomic E-state index is 14.1. The van der Waals surface area contributed by atoms with E-state index in [-0.39, 0.29) is 18.4 Å². The van der Waals surface area contributed by atoms with E-state index in [1.54, 1.807) is 4.90 Å². The molecule has 0 atom stereocenters. The SMILES string of the molecule is CCCNc1ncc(F)c(N(CC(N)=O)C2CCCC2)n1. The van der Waals surface area contributed by atoms with Crippen LogP contribution in [0.1, 0.15) is 39.0 Å². The molecule has 1 fully saturated rings. The fourth-order valence-corrected chi connectivity index (χ4v) is 2.64. The largest absolute Gasteiger partial charge is 0.368 e. The minimum absolute atomic E-state index is 0.0220. The summed E-state index contributed by atoms with van der Waals surface area (Å²) in [5.74, 6) is -0.469. The molecule has 2 rings (SSSR count). The molecular formula is C14H22FN5O. The van der Waals surface area contributed by atoms with Crippen LogP contribution in [0, 0.1) is 5.82 Å². The third-order valence-corrected chi connectivity index (χ3v) is 3.62. The number of halogens is 1. The zero-order chi connectivity index (χ0) is 15.2. The Morgan fingerprint density at radius 2 is 2.24 bits per heavy atom. The van der Waals surface area contributed by atoms with Crippen LogP contribution in [0.4, 0.5) is 16.2 Å². The van der Waals surface area contributed by atoms with Crippen molar-refractivity contribution in [2.45, 2.75) is 45.1 Å². The Kier molecular flexibility index (Phi) is 5.30. The van der Waals surface area contributed by atoms with Crippen LogP contribution < -0.4 is 16.0 Å². The van der Waals surface area contributed by atoms with Crippen molar-refractivity contribution < 1.29 is 9.18 Å². The Hall–Kier alpha value is -1.92. The molecule has 116 valence electrons. The van der Waals surface area contributed by atoms with Crippen molar-refractivity contribution in [1.29, 1.82) is 0 Å². The van der Waals surface area contributed by atoms with Crippen molar-refractivity contribution in [3.63, 3.8) is 0 Å². The van der Waals surface area contributed by atoms with E-state index in [1.165, 1.54) is 0 Å². The molecule has 21 heavy (non-hydrogen) atoms. The van der Waals surface area contributed by atoms with Crippen molar-refractivity contribution in [2.75, 3.05) is 23.3 Å². The summed E-state index contributed by atoms with van der Waals surface area (Å²) in [5, 5.41) is 3.03. The first kappa shape index (κ1) is 15.5. The Balaban J connectivity index is 2.26. The van der Waals surface area contributed by atoms with Gasteiger partial charge < -0.3 is 16.0 Å². The van der Waals surface area contributed by atoms with Crippen LogP contribution in [0.2, 0.25) is 0 Å². The number of aromatic nitrogens is 2. The molecule has 0 saturated heterocycles. The molecule has 6 nitrogen and oxygen atoms in total. The van der Waals surface area contributed by atoms with Gasteiger partial charge in [0.2, 0.25) is 11.9 Å². The number of nitrogens with one attached hydrogen (secondary N) is 1. The van der Waals surface area contributed by atoms with Crippen molar-refractivity contribution in [1.82, 2.24) is 9.97 Å². The topological polar surface area (TPSA) is 84.1 Å². The number of amides is 1. The molecule has 0 unspecified atom stereocenters. The molecule has 1 heterocycles. The highest BCUT2D eigenvalue weighted by Gasteiger charge is 2.27. The third kappa shape index (κ3) is 4.03. The quantitative estimate of drug-likeness (QED) is 0.799. The maximum Gasteiger partial charge on any atom is 0.237 e. The van der Waals surface area contributed by atoms with E-state index < -0.39 is 11.7 Å². The molecule has 1 aromatic rings. The molecule has 0 aliphatic heterocycles. The van der Waals surface area contributed by atoms with Gasteiger partial charge in [0.05, 0.1) is 12.7 Å². The molecule has 1 amide bonds. The molecule has 1 aliphatic rings. The van der Waals surface area contributed by atoms with E-state index in [9.17, 15) is 9.18 Å². The number of hydrogen-bond acceptors (Lipinski definition) is 5. The van der Waals surface area contributed by atoms with Crippen molar-refractivity contribution in [3.05, 3.63) is 12.0 Å². The van der Waals surface area contributed by atoms with Gasteiger partial charge in [-0.25, -0.2) is 9.37 Å². The van der Waals surface area contributed by atoms with Crippen LogP contribution in [-0.4, -0.2) is 35.0 Å². The van der Waals surface area contributed by atoms with Crippen LogP contribution >= 0.6 is 0 Å². The lowest BCUT2D eigenvalue weighted by Gasteiger charge is -2.29. The van der Waals surface area contributed by atoms with Gasteiger partial charge in [0.1, 0.15) is 0 Å². The van der Waals surface area contributed by atoms with Gasteiger partial charge in [0, 0.05) is 12.6 Å². The lowest BCUT2D eigenvalue weighted by atomic mass is 10.2. The van der Waals surface area contributed by atoms with Crippen LogP contribution in [0.3, 0.4) is 0 Å². The zero-order valence-corrected chi connectivity index (χ0v) is 12.3. The predicted molar refractivity (Wildman–Crippen MR) is 79.6 cm³/mol. The van der Waals surface area contributed by atoms with Gasteiger partial charge in [-0.3, -0.25) is 4.79 Å². The summed E-state index contributed by atoms with van der Waals surface area (Å²) in [6.45, 7) is 2.71. The highest BCUT2D eigenvalue weighted by Crippen LogP contribution is 2.28. The fourth-order valence-electron chi connectivity index (χ4n) is 2.64. The number of carbonyl (C=O) groups is 1. The van der Waals surface area contributed by atoms with E-state index in [2.05, 4.69) is 15.3 Å². The second-order valence-electron chi connectivity index (χ2n) is 5.32. The van der Waals surface area contributed by atoms with Gasteiger partial charge >= 0.3 is 0 Å². The molecule has 1 aliphatic carbocycles. The highest BCUT2D eigenvalue weighted by molar-refractivity contribution is 5.79. The first-order valence-corrected chi connectivity index (χ1v) is 7.43. The average molecular weight is 295 g/mol.